The Kier molecular flexibility index (Phi) is 11.4. The summed E-state index contributed by atoms with van der Waals surface area (Å²) in [6.45, 7) is 13.6. The second-order valence-corrected chi connectivity index (χ2v) is 11.7. The van der Waals surface area contributed by atoms with Gasteiger partial charge in [-0.1, -0.05) is 57.3 Å². The number of hydrogen-bond donors (Lipinski definition) is 1. The summed E-state index contributed by atoms with van der Waals surface area (Å²) in [7, 11) is -6.70. The molecule has 134 valence electrons. The first kappa shape index (κ1) is 22.3. The Bertz CT molecular complexity index is 433. The van der Waals surface area contributed by atoms with Crippen LogP contribution in [0, 0.1) is 0 Å². The lowest BCUT2D eigenvalue weighted by Crippen LogP contribution is -2.48. The number of unbranched alkanes of at least 4 members (excludes halogenated alkanes) is 4. The van der Waals surface area contributed by atoms with Gasteiger partial charge in [0.05, 0.1) is 5.73 Å². The van der Waals surface area contributed by atoms with Crippen LogP contribution < -0.4 is 0 Å². The van der Waals surface area contributed by atoms with E-state index in [1.54, 1.807) is 0 Å². The van der Waals surface area contributed by atoms with Crippen molar-refractivity contribution in [3.63, 3.8) is 0 Å². The van der Waals surface area contributed by atoms with Crippen molar-refractivity contribution in [2.75, 3.05) is 0 Å². The van der Waals surface area contributed by atoms with Crippen molar-refractivity contribution in [2.24, 2.45) is 0 Å². The van der Waals surface area contributed by atoms with Crippen LogP contribution in [0.3, 0.4) is 0 Å². The van der Waals surface area contributed by atoms with Gasteiger partial charge in [-0.15, -0.1) is 19.7 Å². The van der Waals surface area contributed by atoms with E-state index in [0.717, 1.165) is 25.7 Å². The Morgan fingerprint density at radius 1 is 1.00 bits per heavy atom. The van der Waals surface area contributed by atoms with E-state index in [1.807, 2.05) is 18.2 Å². The third-order valence-corrected chi connectivity index (χ3v) is 9.87. The third-order valence-electron chi connectivity index (χ3n) is 4.14. The maximum atomic E-state index is 11.3. The van der Waals surface area contributed by atoms with Gasteiger partial charge in [0.25, 0.3) is 0 Å². The van der Waals surface area contributed by atoms with Gasteiger partial charge in [-0.2, -0.15) is 8.42 Å². The van der Waals surface area contributed by atoms with Crippen LogP contribution in [-0.2, 0) is 14.6 Å². The molecule has 6 heteroatoms. The molecule has 0 amide bonds. The molecule has 0 heterocycles. The number of allylic oxidation sites excluding steroid dienone is 3. The van der Waals surface area contributed by atoms with Crippen molar-refractivity contribution in [2.45, 2.75) is 69.3 Å². The molecule has 1 unspecified atom stereocenters. The third kappa shape index (κ3) is 9.25. The van der Waals surface area contributed by atoms with E-state index in [-0.39, 0.29) is 0 Å². The Morgan fingerprint density at radius 3 is 1.87 bits per heavy atom. The summed E-state index contributed by atoms with van der Waals surface area (Å²) in [4.78, 5) is 0. The Morgan fingerprint density at radius 2 is 1.48 bits per heavy atom. The van der Waals surface area contributed by atoms with Crippen LogP contribution in [0.1, 0.15) is 45.4 Å². The van der Waals surface area contributed by atoms with E-state index in [1.165, 1.54) is 6.42 Å². The van der Waals surface area contributed by atoms with Gasteiger partial charge in [-0.05, 0) is 24.6 Å². The van der Waals surface area contributed by atoms with Gasteiger partial charge in [0.1, 0.15) is 8.07 Å². The fraction of sp³-hybridized carbons (Fsp3) is 0.647. The van der Waals surface area contributed by atoms with Gasteiger partial charge in [0.15, 0.2) is 0 Å². The molecule has 4 nitrogen and oxygen atoms in total. The maximum Gasteiger partial charge on any atom is 0.397 e. The van der Waals surface area contributed by atoms with E-state index < -0.39 is 24.2 Å². The summed E-state index contributed by atoms with van der Waals surface area (Å²) in [5.41, 5.74) is -0.479. The summed E-state index contributed by atoms with van der Waals surface area (Å²) < 4.78 is 36.9. The zero-order valence-electron chi connectivity index (χ0n) is 14.4. The van der Waals surface area contributed by atoms with E-state index in [9.17, 15) is 13.0 Å². The molecule has 1 atom stereocenters. The molecule has 0 rings (SSSR count). The molecule has 0 aromatic heterocycles. The molecule has 0 aromatic rings. The van der Waals surface area contributed by atoms with Crippen molar-refractivity contribution in [1.29, 1.82) is 0 Å². The second kappa shape index (κ2) is 11.8. The lowest BCUT2D eigenvalue weighted by Gasteiger charge is -2.36. The molecule has 0 aliphatic heterocycles. The first-order valence-electron chi connectivity index (χ1n) is 8.33. The molecular formula is C17H32O4SSi. The van der Waals surface area contributed by atoms with Crippen LogP contribution in [0.4, 0.5) is 0 Å². The SMILES string of the molecule is C=CC[Si](CC=C)(CC=C)C(CCCCCCC)OS(=O)(=O)O. The first-order valence-corrected chi connectivity index (χ1v) is 12.4. The molecule has 0 radical (unpaired) electrons. The van der Waals surface area contributed by atoms with Crippen LogP contribution in [0.25, 0.3) is 0 Å². The molecule has 0 spiro atoms. The fourth-order valence-corrected chi connectivity index (χ4v) is 8.44. The second-order valence-electron chi connectivity index (χ2n) is 6.06. The van der Waals surface area contributed by atoms with Crippen LogP contribution in [0.15, 0.2) is 38.0 Å². The van der Waals surface area contributed by atoms with E-state index in [2.05, 4.69) is 26.7 Å². The van der Waals surface area contributed by atoms with Gasteiger partial charge >= 0.3 is 10.4 Å². The zero-order valence-corrected chi connectivity index (χ0v) is 16.2. The van der Waals surface area contributed by atoms with Crippen molar-refractivity contribution < 1.29 is 17.2 Å². The summed E-state index contributed by atoms with van der Waals surface area (Å²) in [5.74, 6) is 0. The van der Waals surface area contributed by atoms with Crippen molar-refractivity contribution in [1.82, 2.24) is 0 Å². The quantitative estimate of drug-likeness (QED) is 0.191. The molecule has 23 heavy (non-hydrogen) atoms. The lowest BCUT2D eigenvalue weighted by molar-refractivity contribution is 0.221. The highest BCUT2D eigenvalue weighted by atomic mass is 32.3. The normalized spacial score (nSPS) is 13.5. The molecule has 0 saturated heterocycles. The lowest BCUT2D eigenvalue weighted by atomic mass is 10.1. The van der Waals surface area contributed by atoms with E-state index in [4.69, 9.17) is 4.18 Å². The molecule has 0 aliphatic carbocycles. The summed E-state index contributed by atoms with van der Waals surface area (Å²) >= 11 is 0. The van der Waals surface area contributed by atoms with Crippen molar-refractivity contribution in [3.05, 3.63) is 38.0 Å². The van der Waals surface area contributed by atoms with Gasteiger partial charge < -0.3 is 0 Å². The molecule has 0 aromatic carbocycles. The average Bonchev–Trinajstić information content (AvgIpc) is 2.45. The molecule has 0 fully saturated rings. The highest BCUT2D eigenvalue weighted by Crippen LogP contribution is 2.32. The first-order chi connectivity index (χ1) is 10.8. The topological polar surface area (TPSA) is 63.6 Å². The van der Waals surface area contributed by atoms with Gasteiger partial charge in [0.2, 0.25) is 0 Å². The largest absolute Gasteiger partial charge is 0.397 e. The smallest absolute Gasteiger partial charge is 0.264 e. The maximum absolute atomic E-state index is 11.3. The minimum absolute atomic E-state index is 0.479. The number of rotatable bonds is 15. The predicted octanol–water partition coefficient (Wildman–Crippen LogP) is 5.08. The minimum Gasteiger partial charge on any atom is -0.264 e. The minimum atomic E-state index is -4.48. The molecule has 1 N–H and O–H groups in total. The van der Waals surface area contributed by atoms with Crippen molar-refractivity contribution >= 4 is 18.5 Å². The fourth-order valence-electron chi connectivity index (χ4n) is 3.04. The summed E-state index contributed by atoms with van der Waals surface area (Å²) in [5, 5.41) is 0. The molecule has 0 bridgehead atoms. The van der Waals surface area contributed by atoms with Gasteiger partial charge in [0, 0.05) is 0 Å². The molecular weight excluding hydrogens is 328 g/mol. The molecule has 0 saturated carbocycles. The summed E-state index contributed by atoms with van der Waals surface area (Å²) in [6, 6.07) is 2.13. The Hall–Kier alpha value is -0.693. The van der Waals surface area contributed by atoms with E-state index in [0.29, 0.717) is 24.6 Å². The average molecular weight is 361 g/mol. The zero-order chi connectivity index (χ0) is 17.8. The van der Waals surface area contributed by atoms with E-state index >= 15 is 0 Å². The van der Waals surface area contributed by atoms with Gasteiger partial charge in [-0.3, -0.25) is 4.55 Å². The van der Waals surface area contributed by atoms with Crippen LogP contribution >= 0.6 is 0 Å². The monoisotopic (exact) mass is 360 g/mol. The Labute approximate surface area is 143 Å². The highest BCUT2D eigenvalue weighted by molar-refractivity contribution is 7.81. The predicted molar refractivity (Wildman–Crippen MR) is 101 cm³/mol. The standard InChI is InChI=1S/C17H32O4SSi/c1-5-9-10-11-12-13-17(21-22(18,19)20)23(14-6-2,15-7-3)16-8-4/h6-8,17H,2-5,9-16H2,1H3,(H,18,19,20). The van der Waals surface area contributed by atoms with Gasteiger partial charge in [-0.25, -0.2) is 4.18 Å². The number of hydrogen-bond acceptors (Lipinski definition) is 3. The van der Waals surface area contributed by atoms with Crippen molar-refractivity contribution in [3.8, 4) is 0 Å². The highest BCUT2D eigenvalue weighted by Gasteiger charge is 2.41. The van der Waals surface area contributed by atoms with Crippen LogP contribution in [0.5, 0.6) is 0 Å². The molecule has 0 aliphatic rings. The van der Waals surface area contributed by atoms with Crippen LogP contribution in [0.2, 0.25) is 18.1 Å². The summed E-state index contributed by atoms with van der Waals surface area (Å²) in [6.07, 6.45) is 11.5. The Balaban J connectivity index is 5.23. The van der Waals surface area contributed by atoms with Crippen LogP contribution in [-0.4, -0.2) is 26.8 Å².